The number of halogens is 2. The fraction of sp³-hybridized carbons (Fsp3) is 0.143. The lowest BCUT2D eigenvalue weighted by molar-refractivity contribution is -0.387. The van der Waals surface area contributed by atoms with Crippen LogP contribution >= 0.6 is 15.9 Å². The first kappa shape index (κ1) is 10.1. The Labute approximate surface area is 81.8 Å². The lowest BCUT2D eigenvalue weighted by atomic mass is 10.2. The van der Waals surface area contributed by atoms with Gasteiger partial charge < -0.3 is 5.73 Å². The molecule has 0 aliphatic heterocycles. The second-order valence-corrected chi connectivity index (χ2v) is 3.27. The van der Waals surface area contributed by atoms with E-state index in [1.165, 1.54) is 6.07 Å². The van der Waals surface area contributed by atoms with Gasteiger partial charge in [0.15, 0.2) is 0 Å². The summed E-state index contributed by atoms with van der Waals surface area (Å²) in [5, 5.41) is 10.3. The van der Waals surface area contributed by atoms with Crippen molar-refractivity contribution in [3.8, 4) is 0 Å². The number of hydrogen-bond acceptors (Lipinski definition) is 3. The van der Waals surface area contributed by atoms with Gasteiger partial charge >= 0.3 is 5.69 Å². The molecule has 0 heterocycles. The molecule has 1 aromatic carbocycles. The van der Waals surface area contributed by atoms with E-state index >= 15 is 0 Å². The molecular formula is C7H6BrFN2O2. The molecule has 0 radical (unpaired) electrons. The molecule has 0 bridgehead atoms. The Morgan fingerprint density at radius 3 is 2.69 bits per heavy atom. The Bertz CT molecular complexity index is 357. The number of hydrogen-bond donors (Lipinski definition) is 1. The molecule has 0 spiro atoms. The van der Waals surface area contributed by atoms with E-state index in [-0.39, 0.29) is 12.1 Å². The summed E-state index contributed by atoms with van der Waals surface area (Å²) in [7, 11) is 0. The van der Waals surface area contributed by atoms with E-state index in [0.29, 0.717) is 4.47 Å². The molecule has 0 aliphatic carbocycles. The number of nitro benzene ring substituents is 1. The van der Waals surface area contributed by atoms with Gasteiger partial charge in [0.2, 0.25) is 5.82 Å². The molecule has 1 aromatic rings. The van der Waals surface area contributed by atoms with Gasteiger partial charge in [-0.25, -0.2) is 0 Å². The molecule has 1 rings (SSSR count). The van der Waals surface area contributed by atoms with Gasteiger partial charge in [-0.15, -0.1) is 0 Å². The van der Waals surface area contributed by atoms with Gasteiger partial charge in [0.25, 0.3) is 0 Å². The summed E-state index contributed by atoms with van der Waals surface area (Å²) < 4.78 is 13.6. The van der Waals surface area contributed by atoms with Crippen LogP contribution in [-0.4, -0.2) is 4.92 Å². The summed E-state index contributed by atoms with van der Waals surface area (Å²) in [5.41, 5.74) is 4.77. The molecule has 2 N–H and O–H groups in total. The zero-order chi connectivity index (χ0) is 10.0. The number of benzene rings is 1. The van der Waals surface area contributed by atoms with E-state index in [1.807, 2.05) is 0 Å². The molecule has 4 nitrogen and oxygen atoms in total. The maximum atomic E-state index is 13.2. The van der Waals surface area contributed by atoms with Crippen LogP contribution in [0.1, 0.15) is 5.56 Å². The van der Waals surface area contributed by atoms with E-state index in [0.717, 1.165) is 6.07 Å². The Morgan fingerprint density at radius 1 is 1.62 bits per heavy atom. The Hall–Kier alpha value is -1.01. The van der Waals surface area contributed by atoms with Crippen molar-refractivity contribution in [1.29, 1.82) is 0 Å². The molecule has 70 valence electrons. The average molecular weight is 249 g/mol. The van der Waals surface area contributed by atoms with Crippen LogP contribution in [0.15, 0.2) is 16.6 Å². The predicted molar refractivity (Wildman–Crippen MR) is 48.6 cm³/mol. The second-order valence-electron chi connectivity index (χ2n) is 2.36. The molecule has 6 heteroatoms. The minimum atomic E-state index is -0.865. The fourth-order valence-corrected chi connectivity index (χ4v) is 1.40. The quantitative estimate of drug-likeness (QED) is 0.643. The fourth-order valence-electron chi connectivity index (χ4n) is 0.911. The molecular weight excluding hydrogens is 243 g/mol. The number of nitro groups is 1. The van der Waals surface area contributed by atoms with Crippen LogP contribution in [0.4, 0.5) is 10.1 Å². The van der Waals surface area contributed by atoms with Crippen molar-refractivity contribution in [2.75, 3.05) is 0 Å². The van der Waals surface area contributed by atoms with Crippen LogP contribution in [0.2, 0.25) is 0 Å². The highest BCUT2D eigenvalue weighted by atomic mass is 79.9. The highest BCUT2D eigenvalue weighted by Gasteiger charge is 2.17. The van der Waals surface area contributed by atoms with E-state index in [4.69, 9.17) is 5.73 Å². The van der Waals surface area contributed by atoms with Gasteiger partial charge in [-0.3, -0.25) is 10.1 Å². The second kappa shape index (κ2) is 3.80. The van der Waals surface area contributed by atoms with Crippen molar-refractivity contribution in [1.82, 2.24) is 0 Å². The predicted octanol–water partition coefficient (Wildman–Crippen LogP) is 1.96. The van der Waals surface area contributed by atoms with E-state index in [9.17, 15) is 14.5 Å². The molecule has 0 saturated carbocycles. The summed E-state index contributed by atoms with van der Waals surface area (Å²) >= 11 is 3.03. The third kappa shape index (κ3) is 2.02. The summed E-state index contributed by atoms with van der Waals surface area (Å²) in [6.07, 6.45) is 0. The van der Waals surface area contributed by atoms with Crippen LogP contribution in [0.5, 0.6) is 0 Å². The molecule has 13 heavy (non-hydrogen) atoms. The molecule has 0 aliphatic rings. The molecule has 0 saturated heterocycles. The van der Waals surface area contributed by atoms with Crippen LogP contribution in [0.25, 0.3) is 0 Å². The van der Waals surface area contributed by atoms with Crippen molar-refractivity contribution < 1.29 is 9.31 Å². The van der Waals surface area contributed by atoms with Gasteiger partial charge in [-0.1, -0.05) is 15.9 Å². The van der Waals surface area contributed by atoms with Crippen molar-refractivity contribution in [2.24, 2.45) is 5.73 Å². The van der Waals surface area contributed by atoms with Gasteiger partial charge in [-0.2, -0.15) is 4.39 Å². The van der Waals surface area contributed by atoms with Gasteiger partial charge in [-0.05, 0) is 6.07 Å². The minimum Gasteiger partial charge on any atom is -0.326 e. The van der Waals surface area contributed by atoms with Crippen LogP contribution in [0, 0.1) is 15.9 Å². The topological polar surface area (TPSA) is 69.2 Å². The first-order chi connectivity index (χ1) is 6.06. The number of nitrogens with zero attached hydrogens (tertiary/aromatic N) is 1. The zero-order valence-corrected chi connectivity index (χ0v) is 8.04. The first-order valence-electron chi connectivity index (χ1n) is 3.38. The maximum absolute atomic E-state index is 13.2. The van der Waals surface area contributed by atoms with Crippen molar-refractivity contribution in [3.05, 3.63) is 38.1 Å². The van der Waals surface area contributed by atoms with E-state index in [2.05, 4.69) is 15.9 Å². The SMILES string of the molecule is NCc1cc(Br)cc([N+](=O)[O-])c1F. The van der Waals surface area contributed by atoms with Gasteiger partial charge in [0.1, 0.15) is 0 Å². The first-order valence-corrected chi connectivity index (χ1v) is 4.18. The molecule has 0 aromatic heterocycles. The van der Waals surface area contributed by atoms with Crippen molar-refractivity contribution in [3.63, 3.8) is 0 Å². The summed E-state index contributed by atoms with van der Waals surface area (Å²) in [4.78, 5) is 9.57. The average Bonchev–Trinajstić information content (AvgIpc) is 2.08. The summed E-state index contributed by atoms with van der Waals surface area (Å²) in [5.74, 6) is -0.865. The normalized spacial score (nSPS) is 10.1. The van der Waals surface area contributed by atoms with Crippen LogP contribution < -0.4 is 5.73 Å². The summed E-state index contributed by atoms with van der Waals surface area (Å²) in [6.45, 7) is -0.0634. The molecule has 0 fully saturated rings. The monoisotopic (exact) mass is 248 g/mol. The third-order valence-corrected chi connectivity index (χ3v) is 1.97. The smallest absolute Gasteiger partial charge is 0.306 e. The van der Waals surface area contributed by atoms with Crippen molar-refractivity contribution >= 4 is 21.6 Å². The molecule has 0 atom stereocenters. The van der Waals surface area contributed by atoms with E-state index in [1.54, 1.807) is 0 Å². The Morgan fingerprint density at radius 2 is 2.23 bits per heavy atom. The number of nitrogens with two attached hydrogens (primary N) is 1. The van der Waals surface area contributed by atoms with Crippen LogP contribution in [0.3, 0.4) is 0 Å². The largest absolute Gasteiger partial charge is 0.326 e. The standard InChI is InChI=1S/C7H6BrFN2O2/c8-5-1-4(3-10)7(9)6(2-5)11(12)13/h1-2H,3,10H2. The number of rotatable bonds is 2. The highest BCUT2D eigenvalue weighted by molar-refractivity contribution is 9.10. The third-order valence-electron chi connectivity index (χ3n) is 1.51. The van der Waals surface area contributed by atoms with Gasteiger partial charge in [0.05, 0.1) is 4.92 Å². The Kier molecular flexibility index (Phi) is 2.94. The highest BCUT2D eigenvalue weighted by Crippen LogP contribution is 2.25. The Balaban J connectivity index is 3.35. The zero-order valence-electron chi connectivity index (χ0n) is 6.46. The maximum Gasteiger partial charge on any atom is 0.306 e. The minimum absolute atomic E-state index is 0.0634. The lowest BCUT2D eigenvalue weighted by Crippen LogP contribution is -2.03. The summed E-state index contributed by atoms with van der Waals surface area (Å²) in [6, 6.07) is 2.52. The lowest BCUT2D eigenvalue weighted by Gasteiger charge is -2.01. The van der Waals surface area contributed by atoms with E-state index < -0.39 is 16.4 Å². The molecule has 0 unspecified atom stereocenters. The van der Waals surface area contributed by atoms with Gasteiger partial charge in [0, 0.05) is 22.6 Å². The molecule has 0 amide bonds. The van der Waals surface area contributed by atoms with Crippen LogP contribution in [-0.2, 0) is 6.54 Å². The van der Waals surface area contributed by atoms with Crippen molar-refractivity contribution in [2.45, 2.75) is 6.54 Å².